The number of para-hydroxylation sites is 3. The third-order valence-corrected chi connectivity index (χ3v) is 7.64. The largest absolute Gasteiger partial charge is 0.383 e. The summed E-state index contributed by atoms with van der Waals surface area (Å²) in [5.74, 6) is -0.0708. The lowest BCUT2D eigenvalue weighted by molar-refractivity contribution is 0.601. The van der Waals surface area contributed by atoms with E-state index in [1.165, 1.54) is 0 Å². The van der Waals surface area contributed by atoms with Crippen LogP contribution in [0.5, 0.6) is 0 Å². The average molecular weight is 520 g/mol. The minimum absolute atomic E-state index is 0.0708. The topological polar surface area (TPSA) is 96.0 Å². The van der Waals surface area contributed by atoms with Crippen LogP contribution in [0.2, 0.25) is 0 Å². The second-order valence-electron chi connectivity index (χ2n) is 8.95. The van der Waals surface area contributed by atoms with Crippen molar-refractivity contribution in [2.45, 2.75) is 0 Å². The molecular formula is C30H25N5O2S. The highest BCUT2D eigenvalue weighted by molar-refractivity contribution is 7.92. The first-order valence-corrected chi connectivity index (χ1v) is 13.9. The standard InChI is InChI=1S/C30H25N5O2S/c36-38(37,20-19-32-27-17-18-31-26-10-4-1-7-23(26)27)35-22-15-13-21(14-16-22)33-30-24-8-2-5-11-28(24)34-29-12-6-3-9-25(29)30/h1-18,35H,19-20H2,(H,31,32)(H,33,34). The Hall–Kier alpha value is -4.69. The molecule has 0 aliphatic rings. The molecule has 38 heavy (non-hydrogen) atoms. The number of sulfonamides is 1. The van der Waals surface area contributed by atoms with Crippen molar-refractivity contribution in [3.8, 4) is 0 Å². The molecule has 0 aliphatic heterocycles. The van der Waals surface area contributed by atoms with Gasteiger partial charge in [0.25, 0.3) is 0 Å². The number of hydrogen-bond acceptors (Lipinski definition) is 6. The van der Waals surface area contributed by atoms with Gasteiger partial charge in [-0.1, -0.05) is 54.6 Å². The molecule has 0 fully saturated rings. The van der Waals surface area contributed by atoms with Crippen LogP contribution in [0.3, 0.4) is 0 Å². The second kappa shape index (κ2) is 9.99. The van der Waals surface area contributed by atoms with E-state index in [4.69, 9.17) is 4.98 Å². The first-order chi connectivity index (χ1) is 18.6. The van der Waals surface area contributed by atoms with Crippen LogP contribution in [0.25, 0.3) is 32.7 Å². The first-order valence-electron chi connectivity index (χ1n) is 12.3. The number of aromatic nitrogens is 2. The summed E-state index contributed by atoms with van der Waals surface area (Å²) in [5, 5.41) is 9.73. The van der Waals surface area contributed by atoms with E-state index in [1.54, 1.807) is 18.3 Å². The third kappa shape index (κ3) is 4.94. The van der Waals surface area contributed by atoms with E-state index in [0.29, 0.717) is 5.69 Å². The summed E-state index contributed by atoms with van der Waals surface area (Å²) in [4.78, 5) is 9.11. The van der Waals surface area contributed by atoms with E-state index in [9.17, 15) is 8.42 Å². The number of nitrogens with zero attached hydrogens (tertiary/aromatic N) is 2. The summed E-state index contributed by atoms with van der Waals surface area (Å²) in [6.07, 6.45) is 1.71. The van der Waals surface area contributed by atoms with Crippen LogP contribution in [-0.4, -0.2) is 30.7 Å². The number of hydrogen-bond donors (Lipinski definition) is 3. The molecule has 2 heterocycles. The summed E-state index contributed by atoms with van der Waals surface area (Å²) >= 11 is 0. The van der Waals surface area contributed by atoms with Crippen LogP contribution in [0.4, 0.5) is 22.7 Å². The highest BCUT2D eigenvalue weighted by atomic mass is 32.2. The molecular weight excluding hydrogens is 494 g/mol. The zero-order valence-electron chi connectivity index (χ0n) is 20.4. The smallest absolute Gasteiger partial charge is 0.234 e. The minimum atomic E-state index is -3.54. The van der Waals surface area contributed by atoms with Gasteiger partial charge in [-0.25, -0.2) is 13.4 Å². The van der Waals surface area contributed by atoms with Crippen LogP contribution < -0.4 is 15.4 Å². The van der Waals surface area contributed by atoms with E-state index < -0.39 is 10.0 Å². The summed E-state index contributed by atoms with van der Waals surface area (Å²) in [5.41, 5.74) is 5.86. The van der Waals surface area contributed by atoms with Crippen molar-refractivity contribution in [2.75, 3.05) is 27.7 Å². The molecule has 2 aromatic heterocycles. The maximum Gasteiger partial charge on any atom is 0.234 e. The molecule has 3 N–H and O–H groups in total. The summed E-state index contributed by atoms with van der Waals surface area (Å²) in [7, 11) is -3.54. The van der Waals surface area contributed by atoms with Gasteiger partial charge in [0, 0.05) is 46.0 Å². The number of nitrogens with one attached hydrogen (secondary N) is 3. The van der Waals surface area contributed by atoms with Gasteiger partial charge in [-0.2, -0.15) is 0 Å². The van der Waals surface area contributed by atoms with E-state index in [1.807, 2.05) is 91.0 Å². The summed E-state index contributed by atoms with van der Waals surface area (Å²) in [6.45, 7) is 0.269. The molecule has 0 spiro atoms. The van der Waals surface area contributed by atoms with Gasteiger partial charge in [0.2, 0.25) is 10.0 Å². The lowest BCUT2D eigenvalue weighted by Gasteiger charge is -2.14. The number of benzene rings is 4. The fourth-order valence-electron chi connectivity index (χ4n) is 4.54. The maximum absolute atomic E-state index is 12.7. The Balaban J connectivity index is 1.15. The Labute approximate surface area is 220 Å². The molecule has 7 nitrogen and oxygen atoms in total. The highest BCUT2D eigenvalue weighted by Crippen LogP contribution is 2.33. The van der Waals surface area contributed by atoms with Crippen LogP contribution in [0.15, 0.2) is 109 Å². The second-order valence-corrected chi connectivity index (χ2v) is 10.8. The van der Waals surface area contributed by atoms with Crippen molar-refractivity contribution in [1.29, 1.82) is 0 Å². The van der Waals surface area contributed by atoms with Crippen molar-refractivity contribution in [2.24, 2.45) is 0 Å². The van der Waals surface area contributed by atoms with Crippen molar-refractivity contribution < 1.29 is 8.42 Å². The zero-order chi connectivity index (χ0) is 26.0. The van der Waals surface area contributed by atoms with E-state index >= 15 is 0 Å². The van der Waals surface area contributed by atoms with Gasteiger partial charge in [-0.3, -0.25) is 9.71 Å². The maximum atomic E-state index is 12.7. The Morgan fingerprint density at radius 3 is 1.89 bits per heavy atom. The van der Waals surface area contributed by atoms with Gasteiger partial charge >= 0.3 is 0 Å². The molecule has 0 saturated heterocycles. The van der Waals surface area contributed by atoms with Gasteiger partial charge in [-0.15, -0.1) is 0 Å². The van der Waals surface area contributed by atoms with E-state index in [-0.39, 0.29) is 12.3 Å². The lowest BCUT2D eigenvalue weighted by atomic mass is 10.1. The molecule has 6 rings (SSSR count). The molecule has 0 amide bonds. The SMILES string of the molecule is O=S(=O)(CCNc1ccnc2ccccc12)Nc1ccc(Nc2c3ccccc3nc3ccccc23)cc1. The molecule has 0 unspecified atom stereocenters. The van der Waals surface area contributed by atoms with Gasteiger partial charge in [0.15, 0.2) is 0 Å². The summed E-state index contributed by atoms with van der Waals surface area (Å²) in [6, 6.07) is 32.9. The fourth-order valence-corrected chi connectivity index (χ4v) is 5.51. The number of anilines is 4. The monoisotopic (exact) mass is 519 g/mol. The Bertz CT molecular complexity index is 1810. The molecule has 8 heteroatoms. The average Bonchev–Trinajstić information content (AvgIpc) is 2.94. The van der Waals surface area contributed by atoms with Gasteiger partial charge in [0.1, 0.15) is 0 Å². The van der Waals surface area contributed by atoms with E-state index in [0.717, 1.165) is 49.8 Å². The molecule has 6 aromatic rings. The first kappa shape index (κ1) is 23.7. The number of fused-ring (bicyclic) bond motifs is 3. The van der Waals surface area contributed by atoms with Crippen molar-refractivity contribution in [1.82, 2.24) is 9.97 Å². The molecule has 0 bridgehead atoms. The Morgan fingerprint density at radius 1 is 0.632 bits per heavy atom. The highest BCUT2D eigenvalue weighted by Gasteiger charge is 2.12. The van der Waals surface area contributed by atoms with Gasteiger partial charge in [-0.05, 0) is 48.5 Å². The Kier molecular flexibility index (Phi) is 6.23. The fraction of sp³-hybridized carbons (Fsp3) is 0.0667. The summed E-state index contributed by atoms with van der Waals surface area (Å²) < 4.78 is 28.1. The molecule has 0 aliphatic carbocycles. The van der Waals surface area contributed by atoms with Crippen molar-refractivity contribution in [3.05, 3.63) is 109 Å². The predicted octanol–water partition coefficient (Wildman–Crippen LogP) is 6.53. The molecule has 0 atom stereocenters. The third-order valence-electron chi connectivity index (χ3n) is 6.35. The molecule has 188 valence electrons. The Morgan fingerprint density at radius 2 is 1.21 bits per heavy atom. The predicted molar refractivity (Wildman–Crippen MR) is 157 cm³/mol. The lowest BCUT2D eigenvalue weighted by Crippen LogP contribution is -2.22. The van der Waals surface area contributed by atoms with Crippen LogP contribution in [0, 0.1) is 0 Å². The molecule has 4 aromatic carbocycles. The number of pyridine rings is 2. The van der Waals surface area contributed by atoms with Crippen molar-refractivity contribution >= 4 is 65.5 Å². The number of rotatable bonds is 8. The molecule has 0 saturated carbocycles. The normalized spacial score (nSPS) is 11.6. The van der Waals surface area contributed by atoms with Crippen LogP contribution in [-0.2, 0) is 10.0 Å². The van der Waals surface area contributed by atoms with Crippen LogP contribution in [0.1, 0.15) is 0 Å². The zero-order valence-corrected chi connectivity index (χ0v) is 21.2. The van der Waals surface area contributed by atoms with Crippen LogP contribution >= 0.6 is 0 Å². The van der Waals surface area contributed by atoms with Gasteiger partial charge in [0.05, 0.1) is 28.0 Å². The molecule has 0 radical (unpaired) electrons. The quantitative estimate of drug-likeness (QED) is 0.198. The van der Waals surface area contributed by atoms with Crippen molar-refractivity contribution in [3.63, 3.8) is 0 Å². The van der Waals surface area contributed by atoms with E-state index in [2.05, 4.69) is 20.3 Å². The van der Waals surface area contributed by atoms with Gasteiger partial charge < -0.3 is 10.6 Å². The minimum Gasteiger partial charge on any atom is -0.383 e.